The average Bonchev–Trinajstić information content (AvgIpc) is 2.77. The molecule has 0 spiro atoms. The quantitative estimate of drug-likeness (QED) is 0.157. The van der Waals surface area contributed by atoms with Crippen LogP contribution in [-0.2, 0) is 35.0 Å². The fourth-order valence-corrected chi connectivity index (χ4v) is 3.32. The van der Waals surface area contributed by atoms with E-state index >= 15 is 0 Å². The Labute approximate surface area is 230 Å². The van der Waals surface area contributed by atoms with Crippen LogP contribution in [0.1, 0.15) is 86.1 Å². The van der Waals surface area contributed by atoms with Gasteiger partial charge >= 0.3 is 24.2 Å². The number of ether oxygens (including phenoxy) is 6. The van der Waals surface area contributed by atoms with Crippen molar-refractivity contribution in [2.75, 3.05) is 13.7 Å². The molecular formula is C28H43NO10. The number of methoxy groups -OCH3 is 1. The Hall–Kier alpha value is -3.34. The molecule has 39 heavy (non-hydrogen) atoms. The van der Waals surface area contributed by atoms with Gasteiger partial charge in [0.15, 0.2) is 11.5 Å². The zero-order valence-electron chi connectivity index (χ0n) is 24.3. The minimum atomic E-state index is -1.56. The Kier molecular flexibility index (Phi) is 12.7. The van der Waals surface area contributed by atoms with E-state index in [1.807, 2.05) is 6.92 Å². The van der Waals surface area contributed by atoms with E-state index in [0.29, 0.717) is 5.56 Å². The standard InChI is InChI=1S/C28H43NO10/c1-9-10-11-12-22(30)35-16-15-28(29,23(31)34-8)18-19-13-14-20(36-24(32)38-26(2,3)4)21(17-19)37-25(33)39-27(5,6)7/h13-14,17H,9-12,15-16,18,29H2,1-8H3/t28-/m1/s1. The molecule has 0 heterocycles. The highest BCUT2D eigenvalue weighted by molar-refractivity contribution is 5.81. The third-order valence-corrected chi connectivity index (χ3v) is 5.08. The van der Waals surface area contributed by atoms with Crippen LogP contribution >= 0.6 is 0 Å². The monoisotopic (exact) mass is 553 g/mol. The van der Waals surface area contributed by atoms with Gasteiger partial charge in [-0.25, -0.2) is 9.59 Å². The van der Waals surface area contributed by atoms with E-state index in [2.05, 4.69) is 0 Å². The number of carbonyl (C=O) groups excluding carboxylic acids is 4. The number of hydrogen-bond acceptors (Lipinski definition) is 11. The Morgan fingerprint density at radius 2 is 1.41 bits per heavy atom. The third kappa shape index (κ3) is 13.3. The second-order valence-electron chi connectivity index (χ2n) is 11.2. The van der Waals surface area contributed by atoms with Gasteiger partial charge in [0.1, 0.15) is 16.7 Å². The summed E-state index contributed by atoms with van der Waals surface area (Å²) in [4.78, 5) is 49.2. The molecule has 0 aliphatic carbocycles. The molecule has 1 aromatic carbocycles. The fourth-order valence-electron chi connectivity index (χ4n) is 3.32. The van der Waals surface area contributed by atoms with Crippen molar-refractivity contribution in [3.8, 4) is 11.5 Å². The smallest absolute Gasteiger partial charge is 0.468 e. The molecule has 0 aliphatic heterocycles. The summed E-state index contributed by atoms with van der Waals surface area (Å²) >= 11 is 0. The van der Waals surface area contributed by atoms with Gasteiger partial charge in [-0.05, 0) is 65.7 Å². The summed E-state index contributed by atoms with van der Waals surface area (Å²) < 4.78 is 31.1. The molecule has 11 nitrogen and oxygen atoms in total. The average molecular weight is 554 g/mol. The molecular weight excluding hydrogens is 510 g/mol. The van der Waals surface area contributed by atoms with Crippen molar-refractivity contribution in [2.24, 2.45) is 5.73 Å². The Morgan fingerprint density at radius 1 is 0.846 bits per heavy atom. The van der Waals surface area contributed by atoms with Crippen LogP contribution in [0.2, 0.25) is 0 Å². The van der Waals surface area contributed by atoms with Crippen molar-refractivity contribution in [3.63, 3.8) is 0 Å². The number of nitrogens with two attached hydrogens (primary N) is 1. The summed E-state index contributed by atoms with van der Waals surface area (Å²) in [6.45, 7) is 12.0. The maximum Gasteiger partial charge on any atom is 0.514 e. The number of hydrogen-bond donors (Lipinski definition) is 1. The molecule has 0 saturated carbocycles. The van der Waals surface area contributed by atoms with E-state index in [1.165, 1.54) is 19.2 Å². The first-order valence-electron chi connectivity index (χ1n) is 13.0. The lowest BCUT2D eigenvalue weighted by atomic mass is 9.88. The van der Waals surface area contributed by atoms with Crippen LogP contribution in [0.5, 0.6) is 11.5 Å². The van der Waals surface area contributed by atoms with Gasteiger partial charge in [-0.15, -0.1) is 0 Å². The fraction of sp³-hybridized carbons (Fsp3) is 0.643. The molecule has 0 aromatic heterocycles. The summed E-state index contributed by atoms with van der Waals surface area (Å²) in [5.74, 6) is -1.34. The predicted octanol–water partition coefficient (Wildman–Crippen LogP) is 5.24. The van der Waals surface area contributed by atoms with Crippen molar-refractivity contribution < 1.29 is 47.6 Å². The van der Waals surface area contributed by atoms with Crippen LogP contribution in [0.3, 0.4) is 0 Å². The van der Waals surface area contributed by atoms with E-state index in [4.69, 9.17) is 34.2 Å². The van der Waals surface area contributed by atoms with Crippen LogP contribution in [0, 0.1) is 0 Å². The maximum atomic E-state index is 12.6. The lowest BCUT2D eigenvalue weighted by Gasteiger charge is -2.27. The van der Waals surface area contributed by atoms with Gasteiger partial charge in [0.05, 0.1) is 13.7 Å². The SMILES string of the molecule is CCCCCC(=O)OCC[C@@](N)(Cc1ccc(OC(=O)OC(C)(C)C)c(OC(=O)OC(C)(C)C)c1)C(=O)OC. The molecule has 0 unspecified atom stereocenters. The van der Waals surface area contributed by atoms with Crippen LogP contribution in [0.25, 0.3) is 0 Å². The molecule has 11 heteroatoms. The molecule has 1 atom stereocenters. The topological polar surface area (TPSA) is 150 Å². The number of carbonyl (C=O) groups is 4. The Morgan fingerprint density at radius 3 is 1.92 bits per heavy atom. The Bertz CT molecular complexity index is 993. The molecule has 0 bridgehead atoms. The summed E-state index contributed by atoms with van der Waals surface area (Å²) in [5, 5.41) is 0. The lowest BCUT2D eigenvalue weighted by molar-refractivity contribution is -0.151. The van der Waals surface area contributed by atoms with Crippen molar-refractivity contribution in [1.82, 2.24) is 0 Å². The molecule has 0 fully saturated rings. The normalized spacial score (nSPS) is 13.1. The van der Waals surface area contributed by atoms with Gasteiger partial charge in [0.2, 0.25) is 0 Å². The largest absolute Gasteiger partial charge is 0.514 e. The summed E-state index contributed by atoms with van der Waals surface area (Å²) in [5.41, 5.74) is 3.64. The van der Waals surface area contributed by atoms with Crippen LogP contribution in [-0.4, -0.2) is 54.7 Å². The molecule has 220 valence electrons. The summed E-state index contributed by atoms with van der Waals surface area (Å²) in [7, 11) is 1.20. The second kappa shape index (κ2) is 14.7. The minimum Gasteiger partial charge on any atom is -0.468 e. The van der Waals surface area contributed by atoms with E-state index in [9.17, 15) is 19.2 Å². The first kappa shape index (κ1) is 33.7. The van der Waals surface area contributed by atoms with Crippen LogP contribution < -0.4 is 15.2 Å². The van der Waals surface area contributed by atoms with E-state index in [-0.39, 0.29) is 43.3 Å². The number of unbranched alkanes of at least 4 members (excludes halogenated alkanes) is 2. The molecule has 0 aliphatic rings. The van der Waals surface area contributed by atoms with Gasteiger partial charge in [-0.3, -0.25) is 9.59 Å². The van der Waals surface area contributed by atoms with Gasteiger partial charge in [-0.2, -0.15) is 0 Å². The highest BCUT2D eigenvalue weighted by Gasteiger charge is 2.36. The highest BCUT2D eigenvalue weighted by Crippen LogP contribution is 2.32. The first-order chi connectivity index (χ1) is 18.0. The lowest BCUT2D eigenvalue weighted by Crippen LogP contribution is -2.51. The molecule has 0 radical (unpaired) electrons. The predicted molar refractivity (Wildman–Crippen MR) is 143 cm³/mol. The van der Waals surface area contributed by atoms with Crippen molar-refractivity contribution in [2.45, 2.75) is 104 Å². The second-order valence-corrected chi connectivity index (χ2v) is 11.2. The van der Waals surface area contributed by atoms with E-state index in [1.54, 1.807) is 47.6 Å². The zero-order chi connectivity index (χ0) is 29.9. The molecule has 0 saturated heterocycles. The van der Waals surface area contributed by atoms with Crippen LogP contribution in [0.4, 0.5) is 9.59 Å². The van der Waals surface area contributed by atoms with Crippen molar-refractivity contribution in [1.29, 1.82) is 0 Å². The minimum absolute atomic E-state index is 0.0163. The van der Waals surface area contributed by atoms with Crippen molar-refractivity contribution >= 4 is 24.2 Å². The third-order valence-electron chi connectivity index (χ3n) is 5.08. The van der Waals surface area contributed by atoms with Gasteiger partial charge in [-0.1, -0.05) is 25.8 Å². The van der Waals surface area contributed by atoms with Crippen molar-refractivity contribution in [3.05, 3.63) is 23.8 Å². The maximum absolute atomic E-state index is 12.6. The van der Waals surface area contributed by atoms with E-state index in [0.717, 1.165) is 19.3 Å². The van der Waals surface area contributed by atoms with Crippen LogP contribution in [0.15, 0.2) is 18.2 Å². The number of benzene rings is 1. The molecule has 1 rings (SSSR count). The first-order valence-corrected chi connectivity index (χ1v) is 13.0. The number of esters is 2. The zero-order valence-corrected chi connectivity index (χ0v) is 24.3. The van der Waals surface area contributed by atoms with Gasteiger partial charge in [0, 0.05) is 19.3 Å². The summed E-state index contributed by atoms with van der Waals surface area (Å²) in [6.07, 6.45) is 0.778. The van der Waals surface area contributed by atoms with E-state index < -0.39 is 35.0 Å². The number of rotatable bonds is 12. The van der Waals surface area contributed by atoms with Gasteiger partial charge in [0.25, 0.3) is 0 Å². The Balaban J connectivity index is 3.17. The van der Waals surface area contributed by atoms with Gasteiger partial charge < -0.3 is 34.2 Å². The highest BCUT2D eigenvalue weighted by atomic mass is 16.8. The molecule has 1 aromatic rings. The summed E-state index contributed by atoms with van der Waals surface area (Å²) in [6, 6.07) is 4.32. The molecule has 0 amide bonds. The molecule has 2 N–H and O–H groups in total.